The lowest BCUT2D eigenvalue weighted by molar-refractivity contribution is -0.164. The molecule has 0 aliphatic carbocycles. The molecule has 3 heteroatoms. The van der Waals surface area contributed by atoms with Crippen LogP contribution < -0.4 is 0 Å². The van der Waals surface area contributed by atoms with Gasteiger partial charge in [0.2, 0.25) is 0 Å². The predicted molar refractivity (Wildman–Crippen MR) is 65.1 cm³/mol. The zero-order chi connectivity index (χ0) is 13.0. The fourth-order valence-electron chi connectivity index (χ4n) is 1.81. The molecule has 0 radical (unpaired) electrons. The summed E-state index contributed by atoms with van der Waals surface area (Å²) in [6.45, 7) is 12.3. The molecule has 1 atom stereocenters. The van der Waals surface area contributed by atoms with Crippen molar-refractivity contribution < 1.29 is 14.6 Å². The van der Waals surface area contributed by atoms with Gasteiger partial charge in [-0.2, -0.15) is 0 Å². The quantitative estimate of drug-likeness (QED) is 0.738. The average Bonchev–Trinajstić information content (AvgIpc) is 2.10. The molecule has 3 nitrogen and oxygen atoms in total. The second kappa shape index (κ2) is 5.67. The maximum Gasteiger partial charge on any atom is 0.312 e. The Balaban J connectivity index is 4.86. The van der Waals surface area contributed by atoms with Crippen LogP contribution in [0.2, 0.25) is 0 Å². The van der Waals surface area contributed by atoms with E-state index in [0.29, 0.717) is 5.92 Å². The van der Waals surface area contributed by atoms with E-state index in [9.17, 15) is 4.79 Å². The van der Waals surface area contributed by atoms with Crippen molar-refractivity contribution in [3.05, 3.63) is 0 Å². The molecule has 96 valence electrons. The van der Waals surface area contributed by atoms with Crippen molar-refractivity contribution >= 4 is 5.97 Å². The highest BCUT2D eigenvalue weighted by Gasteiger charge is 2.45. The van der Waals surface area contributed by atoms with E-state index >= 15 is 0 Å². The van der Waals surface area contributed by atoms with Crippen molar-refractivity contribution in [1.29, 1.82) is 0 Å². The highest BCUT2D eigenvalue weighted by atomic mass is 16.5. The largest absolute Gasteiger partial charge is 0.463 e. The normalized spacial score (nSPS) is 16.0. The van der Waals surface area contributed by atoms with Crippen molar-refractivity contribution in [2.75, 3.05) is 13.2 Å². The number of carbonyl (C=O) groups excluding carboxylic acids is 1. The average molecular weight is 230 g/mol. The Morgan fingerprint density at radius 2 is 1.75 bits per heavy atom. The van der Waals surface area contributed by atoms with E-state index in [1.165, 1.54) is 0 Å². The van der Waals surface area contributed by atoms with E-state index in [1.807, 2.05) is 6.92 Å². The second-order valence-electron chi connectivity index (χ2n) is 6.04. The molecular formula is C13H26O3. The van der Waals surface area contributed by atoms with E-state index < -0.39 is 5.41 Å². The standard InChI is InChI=1S/C13H26O3/c1-10(2)9-13(6,12(3,4)5)11(15)16-8-7-14/h10,14H,7-9H2,1-6H3. The maximum absolute atomic E-state index is 12.1. The van der Waals surface area contributed by atoms with Crippen LogP contribution in [0.1, 0.15) is 48.0 Å². The monoisotopic (exact) mass is 230 g/mol. The first-order valence-electron chi connectivity index (χ1n) is 5.93. The first-order valence-corrected chi connectivity index (χ1v) is 5.93. The molecule has 0 aromatic heterocycles. The van der Waals surface area contributed by atoms with E-state index in [1.54, 1.807) is 0 Å². The summed E-state index contributed by atoms with van der Waals surface area (Å²) in [5, 5.41) is 8.69. The third-order valence-electron chi connectivity index (χ3n) is 3.25. The summed E-state index contributed by atoms with van der Waals surface area (Å²) >= 11 is 0. The van der Waals surface area contributed by atoms with Crippen molar-refractivity contribution in [2.45, 2.75) is 48.0 Å². The smallest absolute Gasteiger partial charge is 0.312 e. The Labute approximate surface area is 99.2 Å². The maximum atomic E-state index is 12.1. The van der Waals surface area contributed by atoms with Crippen molar-refractivity contribution in [3.8, 4) is 0 Å². The SMILES string of the molecule is CC(C)CC(C)(C(=O)OCCO)C(C)(C)C. The molecule has 0 fully saturated rings. The summed E-state index contributed by atoms with van der Waals surface area (Å²) < 4.78 is 5.09. The minimum Gasteiger partial charge on any atom is -0.463 e. The van der Waals surface area contributed by atoms with Crippen LogP contribution in [-0.2, 0) is 9.53 Å². The molecule has 1 unspecified atom stereocenters. The third-order valence-corrected chi connectivity index (χ3v) is 3.25. The Kier molecular flexibility index (Phi) is 5.47. The summed E-state index contributed by atoms with van der Waals surface area (Å²) in [5.74, 6) is 0.230. The number of ether oxygens (including phenoxy) is 1. The molecule has 0 saturated heterocycles. The van der Waals surface area contributed by atoms with Gasteiger partial charge in [0.15, 0.2) is 0 Å². The van der Waals surface area contributed by atoms with Gasteiger partial charge in [-0.25, -0.2) is 0 Å². The van der Waals surface area contributed by atoms with Gasteiger partial charge >= 0.3 is 5.97 Å². The van der Waals surface area contributed by atoms with Gasteiger partial charge in [-0.3, -0.25) is 4.79 Å². The molecule has 0 heterocycles. The van der Waals surface area contributed by atoms with E-state index in [0.717, 1.165) is 6.42 Å². The fourth-order valence-corrected chi connectivity index (χ4v) is 1.81. The van der Waals surface area contributed by atoms with Crippen LogP contribution in [0.25, 0.3) is 0 Å². The number of hydrogen-bond acceptors (Lipinski definition) is 3. The predicted octanol–water partition coefficient (Wildman–Crippen LogP) is 2.62. The fraction of sp³-hybridized carbons (Fsp3) is 0.923. The molecule has 0 spiro atoms. The molecule has 16 heavy (non-hydrogen) atoms. The molecule has 0 aliphatic heterocycles. The van der Waals surface area contributed by atoms with Crippen molar-refractivity contribution in [3.63, 3.8) is 0 Å². The number of esters is 1. The lowest BCUT2D eigenvalue weighted by atomic mass is 9.64. The van der Waals surface area contributed by atoms with Crippen LogP contribution in [0, 0.1) is 16.7 Å². The van der Waals surface area contributed by atoms with E-state index in [-0.39, 0.29) is 24.6 Å². The zero-order valence-corrected chi connectivity index (χ0v) is 11.5. The molecule has 0 aromatic carbocycles. The molecule has 0 rings (SSSR count). The molecule has 0 saturated carbocycles. The van der Waals surface area contributed by atoms with Gasteiger partial charge in [0.1, 0.15) is 6.61 Å². The molecule has 0 aromatic rings. The topological polar surface area (TPSA) is 46.5 Å². The first kappa shape index (κ1) is 15.4. The van der Waals surface area contributed by atoms with Crippen molar-refractivity contribution in [2.24, 2.45) is 16.7 Å². The van der Waals surface area contributed by atoms with Crippen LogP contribution in [0.3, 0.4) is 0 Å². The Bertz CT molecular complexity index is 228. The summed E-state index contributed by atoms with van der Waals surface area (Å²) in [6.07, 6.45) is 0.792. The number of aliphatic hydroxyl groups excluding tert-OH is 1. The van der Waals surface area contributed by atoms with Gasteiger partial charge in [-0.1, -0.05) is 34.6 Å². The van der Waals surface area contributed by atoms with Crippen LogP contribution in [0.5, 0.6) is 0 Å². The Hall–Kier alpha value is -0.570. The minimum atomic E-state index is -0.504. The highest BCUT2D eigenvalue weighted by Crippen LogP contribution is 2.44. The summed E-state index contributed by atoms with van der Waals surface area (Å²) in [5.41, 5.74) is -0.653. The van der Waals surface area contributed by atoms with E-state index in [4.69, 9.17) is 9.84 Å². The van der Waals surface area contributed by atoms with Crippen LogP contribution >= 0.6 is 0 Å². The molecule has 0 bridgehead atoms. The molecule has 0 aliphatic rings. The van der Waals surface area contributed by atoms with Gasteiger partial charge in [0.05, 0.1) is 12.0 Å². The lowest BCUT2D eigenvalue weighted by Gasteiger charge is -2.40. The number of rotatable bonds is 5. The molecule has 0 amide bonds. The number of aliphatic hydroxyl groups is 1. The number of carbonyl (C=O) groups is 1. The number of hydrogen-bond donors (Lipinski definition) is 1. The Morgan fingerprint density at radius 1 is 1.25 bits per heavy atom. The van der Waals surface area contributed by atoms with Gasteiger partial charge in [0.25, 0.3) is 0 Å². The van der Waals surface area contributed by atoms with Crippen LogP contribution in [0.4, 0.5) is 0 Å². The van der Waals surface area contributed by atoms with Crippen molar-refractivity contribution in [1.82, 2.24) is 0 Å². The van der Waals surface area contributed by atoms with Gasteiger partial charge < -0.3 is 9.84 Å². The van der Waals surface area contributed by atoms with E-state index in [2.05, 4.69) is 34.6 Å². The zero-order valence-electron chi connectivity index (χ0n) is 11.5. The molecule has 1 N–H and O–H groups in total. The summed E-state index contributed by atoms with van der Waals surface area (Å²) in [6, 6.07) is 0. The van der Waals surface area contributed by atoms with Crippen LogP contribution in [0.15, 0.2) is 0 Å². The van der Waals surface area contributed by atoms with Gasteiger partial charge in [-0.15, -0.1) is 0 Å². The summed E-state index contributed by atoms with van der Waals surface area (Å²) in [7, 11) is 0. The lowest BCUT2D eigenvalue weighted by Crippen LogP contribution is -2.43. The van der Waals surface area contributed by atoms with Gasteiger partial charge in [-0.05, 0) is 24.7 Å². The second-order valence-corrected chi connectivity index (χ2v) is 6.04. The van der Waals surface area contributed by atoms with Gasteiger partial charge in [0, 0.05) is 0 Å². The molecular weight excluding hydrogens is 204 g/mol. The van der Waals surface area contributed by atoms with Crippen LogP contribution in [-0.4, -0.2) is 24.3 Å². The minimum absolute atomic E-state index is 0.0859. The summed E-state index contributed by atoms with van der Waals surface area (Å²) in [4.78, 5) is 12.1. The Morgan fingerprint density at radius 3 is 2.06 bits per heavy atom. The first-order chi connectivity index (χ1) is 7.15. The third kappa shape index (κ3) is 3.78. The highest BCUT2D eigenvalue weighted by molar-refractivity contribution is 5.77.